The van der Waals surface area contributed by atoms with Crippen molar-refractivity contribution >= 4 is 38.6 Å². The van der Waals surface area contributed by atoms with E-state index in [4.69, 9.17) is 4.74 Å². The number of amides is 1. The molecule has 6 heteroatoms. The van der Waals surface area contributed by atoms with Crippen LogP contribution in [0.15, 0.2) is 36.9 Å². The highest BCUT2D eigenvalue weighted by Gasteiger charge is 2.07. The first-order chi connectivity index (χ1) is 10.7. The zero-order chi connectivity index (χ0) is 15.8. The van der Waals surface area contributed by atoms with Crippen LogP contribution in [0.1, 0.15) is 25.7 Å². The van der Waals surface area contributed by atoms with E-state index in [1.807, 2.05) is 24.3 Å². The molecule has 0 saturated heterocycles. The number of carbonyl (C=O) groups is 2. The normalized spacial score (nSPS) is 10.4. The van der Waals surface area contributed by atoms with Gasteiger partial charge in [0.1, 0.15) is 0 Å². The van der Waals surface area contributed by atoms with Crippen LogP contribution in [0.4, 0.5) is 5.13 Å². The van der Waals surface area contributed by atoms with E-state index >= 15 is 0 Å². The van der Waals surface area contributed by atoms with E-state index in [0.717, 1.165) is 35.6 Å². The van der Waals surface area contributed by atoms with Crippen molar-refractivity contribution in [1.29, 1.82) is 0 Å². The van der Waals surface area contributed by atoms with Gasteiger partial charge in [0.2, 0.25) is 5.91 Å². The summed E-state index contributed by atoms with van der Waals surface area (Å²) in [6.07, 6.45) is 3.91. The van der Waals surface area contributed by atoms with E-state index in [0.29, 0.717) is 18.2 Å². The van der Waals surface area contributed by atoms with Gasteiger partial charge in [0.05, 0.1) is 16.8 Å². The molecule has 0 aliphatic rings. The predicted octanol–water partition coefficient (Wildman–Crippen LogP) is 3.52. The van der Waals surface area contributed by atoms with Crippen molar-refractivity contribution in [3.8, 4) is 0 Å². The number of aromatic nitrogens is 1. The minimum absolute atomic E-state index is 0.0397. The number of para-hydroxylation sites is 1. The van der Waals surface area contributed by atoms with Crippen LogP contribution in [-0.4, -0.2) is 23.5 Å². The number of nitrogens with zero attached hydrogens (tertiary/aromatic N) is 1. The summed E-state index contributed by atoms with van der Waals surface area (Å²) in [4.78, 5) is 27.0. The molecule has 1 N–H and O–H groups in total. The predicted molar refractivity (Wildman–Crippen MR) is 87.9 cm³/mol. The topological polar surface area (TPSA) is 68.3 Å². The molecule has 1 aromatic heterocycles. The fraction of sp³-hybridized carbons (Fsp3) is 0.312. The van der Waals surface area contributed by atoms with Gasteiger partial charge in [-0.2, -0.15) is 0 Å². The molecule has 0 aliphatic carbocycles. The smallest absolute Gasteiger partial charge is 0.330 e. The van der Waals surface area contributed by atoms with E-state index in [1.165, 1.54) is 11.3 Å². The maximum absolute atomic E-state index is 11.8. The molecular formula is C16H18N2O3S. The number of esters is 1. The lowest BCUT2D eigenvalue weighted by molar-refractivity contribution is -0.137. The van der Waals surface area contributed by atoms with Crippen LogP contribution < -0.4 is 5.32 Å². The third kappa shape index (κ3) is 4.96. The minimum Gasteiger partial charge on any atom is -0.463 e. The second-order valence-corrected chi connectivity index (χ2v) is 5.75. The average Bonchev–Trinajstić information content (AvgIpc) is 2.92. The van der Waals surface area contributed by atoms with Gasteiger partial charge < -0.3 is 10.1 Å². The molecule has 116 valence electrons. The average molecular weight is 318 g/mol. The van der Waals surface area contributed by atoms with Crippen molar-refractivity contribution < 1.29 is 14.3 Å². The molecule has 0 unspecified atom stereocenters. The summed E-state index contributed by atoms with van der Waals surface area (Å²) >= 11 is 1.47. The highest BCUT2D eigenvalue weighted by atomic mass is 32.1. The quantitative estimate of drug-likeness (QED) is 0.459. The summed E-state index contributed by atoms with van der Waals surface area (Å²) in [5.74, 6) is -0.448. The van der Waals surface area contributed by atoms with Gasteiger partial charge in [0.25, 0.3) is 0 Å². The summed E-state index contributed by atoms with van der Waals surface area (Å²) < 4.78 is 5.92. The Hall–Kier alpha value is -2.21. The monoisotopic (exact) mass is 318 g/mol. The van der Waals surface area contributed by atoms with Crippen LogP contribution in [0.2, 0.25) is 0 Å². The van der Waals surface area contributed by atoms with Crippen LogP contribution in [0.5, 0.6) is 0 Å². The lowest BCUT2D eigenvalue weighted by atomic mass is 10.2. The molecule has 0 fully saturated rings. The number of hydrogen-bond acceptors (Lipinski definition) is 5. The van der Waals surface area contributed by atoms with Crippen LogP contribution >= 0.6 is 11.3 Å². The zero-order valence-corrected chi connectivity index (χ0v) is 13.0. The van der Waals surface area contributed by atoms with Gasteiger partial charge in [-0.3, -0.25) is 4.79 Å². The Morgan fingerprint density at radius 3 is 2.86 bits per heavy atom. The number of rotatable bonds is 8. The van der Waals surface area contributed by atoms with E-state index in [1.54, 1.807) is 0 Å². The highest BCUT2D eigenvalue weighted by molar-refractivity contribution is 7.22. The minimum atomic E-state index is -0.409. The van der Waals surface area contributed by atoms with Crippen molar-refractivity contribution in [3.05, 3.63) is 36.9 Å². The Labute approximate surface area is 133 Å². The van der Waals surface area contributed by atoms with Crippen molar-refractivity contribution in [2.45, 2.75) is 25.7 Å². The molecule has 1 heterocycles. The lowest BCUT2D eigenvalue weighted by Crippen LogP contribution is -2.11. The second kappa shape index (κ2) is 8.29. The fourth-order valence-corrected chi connectivity index (χ4v) is 2.79. The van der Waals surface area contributed by atoms with Crippen LogP contribution in [0, 0.1) is 0 Å². The van der Waals surface area contributed by atoms with Gasteiger partial charge in [0.15, 0.2) is 5.13 Å². The molecule has 22 heavy (non-hydrogen) atoms. The largest absolute Gasteiger partial charge is 0.463 e. The number of hydrogen-bond donors (Lipinski definition) is 1. The summed E-state index contributed by atoms with van der Waals surface area (Å²) in [5.41, 5.74) is 0.895. The summed E-state index contributed by atoms with van der Waals surface area (Å²) in [6, 6.07) is 7.78. The van der Waals surface area contributed by atoms with Crippen molar-refractivity contribution in [2.75, 3.05) is 11.9 Å². The van der Waals surface area contributed by atoms with E-state index in [-0.39, 0.29) is 5.91 Å². The number of ether oxygens (including phenoxy) is 1. The highest BCUT2D eigenvalue weighted by Crippen LogP contribution is 2.25. The molecule has 0 aliphatic heterocycles. The fourth-order valence-electron chi connectivity index (χ4n) is 1.90. The molecule has 5 nitrogen and oxygen atoms in total. The molecule has 1 amide bonds. The number of carbonyl (C=O) groups excluding carboxylic acids is 2. The second-order valence-electron chi connectivity index (χ2n) is 4.72. The number of benzene rings is 1. The number of anilines is 1. The molecular weight excluding hydrogens is 300 g/mol. The Bertz CT molecular complexity index is 633. The van der Waals surface area contributed by atoms with Crippen LogP contribution in [0.3, 0.4) is 0 Å². The number of thiazole rings is 1. The molecule has 0 spiro atoms. The van der Waals surface area contributed by atoms with E-state index < -0.39 is 5.97 Å². The number of fused-ring (bicyclic) bond motifs is 1. The molecule has 0 radical (unpaired) electrons. The third-order valence-corrected chi connectivity index (χ3v) is 3.95. The lowest BCUT2D eigenvalue weighted by Gasteiger charge is -2.03. The van der Waals surface area contributed by atoms with Gasteiger partial charge in [-0.25, -0.2) is 9.78 Å². The van der Waals surface area contributed by atoms with Gasteiger partial charge in [0, 0.05) is 12.5 Å². The first-order valence-electron chi connectivity index (χ1n) is 7.13. The third-order valence-electron chi connectivity index (χ3n) is 3.00. The summed E-state index contributed by atoms with van der Waals surface area (Å²) in [7, 11) is 0. The van der Waals surface area contributed by atoms with E-state index in [9.17, 15) is 9.59 Å². The molecule has 1 aromatic carbocycles. The van der Waals surface area contributed by atoms with Crippen molar-refractivity contribution in [1.82, 2.24) is 4.98 Å². The zero-order valence-electron chi connectivity index (χ0n) is 12.2. The number of unbranched alkanes of at least 4 members (excludes halogenated alkanes) is 2. The Balaban J connectivity index is 1.65. The first-order valence-corrected chi connectivity index (χ1v) is 7.95. The van der Waals surface area contributed by atoms with Gasteiger partial charge in [-0.05, 0) is 31.4 Å². The molecule has 0 atom stereocenters. The maximum atomic E-state index is 11.8. The molecule has 2 aromatic rings. The van der Waals surface area contributed by atoms with Gasteiger partial charge >= 0.3 is 5.97 Å². The summed E-state index contributed by atoms with van der Waals surface area (Å²) in [6.45, 7) is 3.69. The van der Waals surface area contributed by atoms with Crippen molar-refractivity contribution in [2.24, 2.45) is 0 Å². The summed E-state index contributed by atoms with van der Waals surface area (Å²) in [5, 5.41) is 3.45. The number of nitrogens with one attached hydrogen (secondary N) is 1. The van der Waals surface area contributed by atoms with Gasteiger partial charge in [-0.1, -0.05) is 30.0 Å². The van der Waals surface area contributed by atoms with E-state index in [2.05, 4.69) is 16.9 Å². The Morgan fingerprint density at radius 2 is 2.09 bits per heavy atom. The maximum Gasteiger partial charge on any atom is 0.330 e. The standard InChI is InChI=1S/C16H18N2O3S/c1-2-15(20)21-11-7-3-4-10-14(19)18-16-17-12-8-5-6-9-13(12)22-16/h2,5-6,8-9H,1,3-4,7,10-11H2,(H,17,18,19). The van der Waals surface area contributed by atoms with Crippen LogP contribution in [0.25, 0.3) is 10.2 Å². The Morgan fingerprint density at radius 1 is 1.27 bits per heavy atom. The molecule has 0 saturated carbocycles. The Kier molecular flexibility index (Phi) is 6.09. The van der Waals surface area contributed by atoms with Crippen LogP contribution in [-0.2, 0) is 14.3 Å². The molecule has 2 rings (SSSR count). The first kappa shape index (κ1) is 16.2. The molecule has 0 bridgehead atoms. The van der Waals surface area contributed by atoms with Crippen molar-refractivity contribution in [3.63, 3.8) is 0 Å². The SMILES string of the molecule is C=CC(=O)OCCCCCC(=O)Nc1nc2ccccc2s1. The van der Waals surface area contributed by atoms with Gasteiger partial charge in [-0.15, -0.1) is 0 Å².